The van der Waals surface area contributed by atoms with Gasteiger partial charge >= 0.3 is 11.8 Å². The zero-order valence-corrected chi connectivity index (χ0v) is 7.97. The quantitative estimate of drug-likeness (QED) is 0.205. The number of nitrogens with one attached hydrogen (secondary N) is 2. The highest BCUT2D eigenvalue weighted by Gasteiger charge is 2.13. The normalized spacial score (nSPS) is 9.31. The molecule has 1 rings (SSSR count). The van der Waals surface area contributed by atoms with Gasteiger partial charge in [0.25, 0.3) is 5.69 Å². The van der Waals surface area contributed by atoms with Gasteiger partial charge in [-0.1, -0.05) is 6.07 Å². The number of carbonyl (C=O) groups is 2. The number of nitro groups is 1. The number of nitrogens with zero attached hydrogens (tertiary/aromatic N) is 1. The van der Waals surface area contributed by atoms with Crippen molar-refractivity contribution in [3.8, 4) is 0 Å². The molecule has 0 aromatic heterocycles. The number of nitro benzene ring substituents is 1. The molecule has 0 aliphatic heterocycles. The molecule has 0 saturated heterocycles. The van der Waals surface area contributed by atoms with Crippen LogP contribution < -0.4 is 16.6 Å². The van der Waals surface area contributed by atoms with Crippen LogP contribution in [0.25, 0.3) is 0 Å². The Kier molecular flexibility index (Phi) is 3.51. The predicted molar refractivity (Wildman–Crippen MR) is 54.1 cm³/mol. The molecule has 0 saturated carbocycles. The molecule has 0 bridgehead atoms. The third-order valence-corrected chi connectivity index (χ3v) is 1.65. The summed E-state index contributed by atoms with van der Waals surface area (Å²) in [6.07, 6.45) is 0. The topological polar surface area (TPSA) is 127 Å². The second-order valence-corrected chi connectivity index (χ2v) is 2.74. The largest absolute Gasteiger partial charge is 0.323 e. The number of hydrogen-bond donors (Lipinski definition) is 3. The molecule has 0 aliphatic rings. The van der Waals surface area contributed by atoms with Crippen LogP contribution in [0, 0.1) is 10.1 Å². The summed E-state index contributed by atoms with van der Waals surface area (Å²) in [6.45, 7) is 0. The van der Waals surface area contributed by atoms with Crippen molar-refractivity contribution < 1.29 is 14.5 Å². The van der Waals surface area contributed by atoms with Crippen molar-refractivity contribution in [2.75, 3.05) is 5.32 Å². The van der Waals surface area contributed by atoms with Crippen molar-refractivity contribution in [2.24, 2.45) is 5.84 Å². The third-order valence-electron chi connectivity index (χ3n) is 1.65. The maximum absolute atomic E-state index is 11.1. The SMILES string of the molecule is NNC(=O)C(=O)Nc1cccc([N+](=O)[O-])c1. The van der Waals surface area contributed by atoms with E-state index in [0.717, 1.165) is 6.07 Å². The molecule has 0 radical (unpaired) electrons. The maximum Gasteiger partial charge on any atom is 0.323 e. The molecule has 2 amide bonds. The van der Waals surface area contributed by atoms with Crippen LogP contribution in [-0.4, -0.2) is 16.7 Å². The zero-order chi connectivity index (χ0) is 12.1. The Balaban J connectivity index is 2.82. The van der Waals surface area contributed by atoms with Gasteiger partial charge in [0.2, 0.25) is 0 Å². The molecular weight excluding hydrogens is 216 g/mol. The summed E-state index contributed by atoms with van der Waals surface area (Å²) in [5, 5.41) is 12.6. The molecule has 16 heavy (non-hydrogen) atoms. The lowest BCUT2D eigenvalue weighted by atomic mass is 10.3. The molecule has 8 heteroatoms. The molecule has 84 valence electrons. The van der Waals surface area contributed by atoms with Crippen molar-refractivity contribution in [1.29, 1.82) is 0 Å². The van der Waals surface area contributed by atoms with Gasteiger partial charge in [-0.25, -0.2) is 5.84 Å². The second kappa shape index (κ2) is 4.84. The Labute approximate surface area is 89.5 Å². The lowest BCUT2D eigenvalue weighted by Gasteiger charge is -2.02. The van der Waals surface area contributed by atoms with E-state index in [0.29, 0.717) is 0 Å². The lowest BCUT2D eigenvalue weighted by molar-refractivity contribution is -0.384. The van der Waals surface area contributed by atoms with Gasteiger partial charge in [-0.05, 0) is 6.07 Å². The van der Waals surface area contributed by atoms with Crippen LogP contribution >= 0.6 is 0 Å². The molecule has 0 unspecified atom stereocenters. The summed E-state index contributed by atoms with van der Waals surface area (Å²) in [5.41, 5.74) is 1.59. The molecule has 1 aromatic carbocycles. The van der Waals surface area contributed by atoms with Gasteiger partial charge in [-0.3, -0.25) is 25.1 Å². The number of carbonyl (C=O) groups excluding carboxylic acids is 2. The molecule has 0 fully saturated rings. The molecule has 0 aliphatic carbocycles. The van der Waals surface area contributed by atoms with E-state index in [1.165, 1.54) is 18.2 Å². The average molecular weight is 224 g/mol. The van der Waals surface area contributed by atoms with Gasteiger partial charge < -0.3 is 5.32 Å². The first-order valence-electron chi connectivity index (χ1n) is 4.11. The Morgan fingerprint density at radius 1 is 1.31 bits per heavy atom. The maximum atomic E-state index is 11.1. The Bertz CT molecular complexity index is 445. The van der Waals surface area contributed by atoms with Gasteiger partial charge in [0, 0.05) is 17.8 Å². The first kappa shape index (κ1) is 11.6. The van der Waals surface area contributed by atoms with Gasteiger partial charge in [-0.15, -0.1) is 0 Å². The van der Waals surface area contributed by atoms with E-state index in [1.54, 1.807) is 5.43 Å². The lowest BCUT2D eigenvalue weighted by Crippen LogP contribution is -2.39. The molecule has 0 atom stereocenters. The Morgan fingerprint density at radius 3 is 2.56 bits per heavy atom. The number of hydrazine groups is 1. The number of anilines is 1. The number of non-ortho nitro benzene ring substituents is 1. The minimum absolute atomic E-state index is 0.141. The first-order valence-corrected chi connectivity index (χ1v) is 4.11. The smallest absolute Gasteiger partial charge is 0.317 e. The summed E-state index contributed by atoms with van der Waals surface area (Å²) in [4.78, 5) is 31.6. The third kappa shape index (κ3) is 2.75. The van der Waals surface area contributed by atoms with E-state index in [1.807, 2.05) is 0 Å². The molecule has 4 N–H and O–H groups in total. The van der Waals surface area contributed by atoms with E-state index >= 15 is 0 Å². The fourth-order valence-corrected chi connectivity index (χ4v) is 0.951. The van der Waals surface area contributed by atoms with Crippen LogP contribution in [0.15, 0.2) is 24.3 Å². The monoisotopic (exact) mass is 224 g/mol. The van der Waals surface area contributed by atoms with E-state index in [-0.39, 0.29) is 11.4 Å². The number of benzene rings is 1. The molecule has 0 spiro atoms. The van der Waals surface area contributed by atoms with Crippen molar-refractivity contribution in [2.45, 2.75) is 0 Å². The summed E-state index contributed by atoms with van der Waals surface area (Å²) >= 11 is 0. The fourth-order valence-electron chi connectivity index (χ4n) is 0.951. The summed E-state index contributed by atoms with van der Waals surface area (Å²) in [6, 6.07) is 5.18. The van der Waals surface area contributed by atoms with Crippen LogP contribution in [0.2, 0.25) is 0 Å². The van der Waals surface area contributed by atoms with Crippen molar-refractivity contribution in [3.05, 3.63) is 34.4 Å². The van der Waals surface area contributed by atoms with E-state index < -0.39 is 16.7 Å². The molecule has 8 nitrogen and oxygen atoms in total. The highest BCUT2D eigenvalue weighted by atomic mass is 16.6. The van der Waals surface area contributed by atoms with Crippen LogP contribution in [0.4, 0.5) is 11.4 Å². The molecule has 0 heterocycles. The standard InChI is InChI=1S/C8H8N4O4/c9-11-8(14)7(13)10-5-2-1-3-6(4-5)12(15)16/h1-4H,9H2,(H,10,13)(H,11,14). The van der Waals surface area contributed by atoms with Gasteiger partial charge in [0.1, 0.15) is 0 Å². The van der Waals surface area contributed by atoms with Crippen LogP contribution in [0.5, 0.6) is 0 Å². The number of amides is 2. The van der Waals surface area contributed by atoms with E-state index in [9.17, 15) is 19.7 Å². The summed E-state index contributed by atoms with van der Waals surface area (Å²) in [5.74, 6) is 2.70. The summed E-state index contributed by atoms with van der Waals surface area (Å²) in [7, 11) is 0. The average Bonchev–Trinajstić information content (AvgIpc) is 2.28. The van der Waals surface area contributed by atoms with Crippen LogP contribution in [0.1, 0.15) is 0 Å². The van der Waals surface area contributed by atoms with E-state index in [2.05, 4.69) is 5.32 Å². The van der Waals surface area contributed by atoms with E-state index in [4.69, 9.17) is 5.84 Å². The highest BCUT2D eigenvalue weighted by molar-refractivity contribution is 6.39. The van der Waals surface area contributed by atoms with Gasteiger partial charge in [0.05, 0.1) is 4.92 Å². The van der Waals surface area contributed by atoms with Crippen molar-refractivity contribution in [3.63, 3.8) is 0 Å². The Hall–Kier alpha value is -2.48. The fraction of sp³-hybridized carbons (Fsp3) is 0. The second-order valence-electron chi connectivity index (χ2n) is 2.74. The zero-order valence-electron chi connectivity index (χ0n) is 7.97. The van der Waals surface area contributed by atoms with Crippen LogP contribution in [0.3, 0.4) is 0 Å². The predicted octanol–water partition coefficient (Wildman–Crippen LogP) is -0.477. The van der Waals surface area contributed by atoms with Gasteiger partial charge in [-0.2, -0.15) is 0 Å². The van der Waals surface area contributed by atoms with Gasteiger partial charge in [0.15, 0.2) is 0 Å². The van der Waals surface area contributed by atoms with Crippen LogP contribution in [-0.2, 0) is 9.59 Å². The molecular formula is C8H8N4O4. The first-order chi connectivity index (χ1) is 7.54. The number of rotatable bonds is 2. The van der Waals surface area contributed by atoms with Crippen molar-refractivity contribution >= 4 is 23.2 Å². The van der Waals surface area contributed by atoms with Crippen molar-refractivity contribution in [1.82, 2.24) is 5.43 Å². The number of hydrogen-bond acceptors (Lipinski definition) is 5. The minimum Gasteiger partial charge on any atom is -0.317 e. The minimum atomic E-state index is -1.04. The molecule has 1 aromatic rings. The summed E-state index contributed by atoms with van der Waals surface area (Å²) < 4.78 is 0. The highest BCUT2D eigenvalue weighted by Crippen LogP contribution is 2.16. The Morgan fingerprint density at radius 2 is 2.00 bits per heavy atom. The number of nitrogens with two attached hydrogens (primary N) is 1.